The molecule has 3 N–H and O–H groups in total. The van der Waals surface area contributed by atoms with Crippen molar-refractivity contribution in [1.82, 2.24) is 10.3 Å². The van der Waals surface area contributed by atoms with Crippen LogP contribution in [0.25, 0.3) is 0 Å². The van der Waals surface area contributed by atoms with Crippen LogP contribution in [-0.2, 0) is 9.59 Å². The van der Waals surface area contributed by atoms with Gasteiger partial charge in [-0.05, 0) is 31.9 Å². The predicted molar refractivity (Wildman–Crippen MR) is 83.2 cm³/mol. The highest BCUT2D eigenvalue weighted by Gasteiger charge is 2.31. The van der Waals surface area contributed by atoms with Crippen molar-refractivity contribution >= 4 is 23.4 Å². The fraction of sp³-hybridized carbons (Fsp3) is 0.467. The SMILES string of the molecule is CC(Oc1ccccc1Cl)C(=O)N1CCCC(C(=O)NN)C1. The molecule has 1 heterocycles. The number of ether oxygens (including phenoxy) is 1. The van der Waals surface area contributed by atoms with Crippen molar-refractivity contribution in [3.63, 3.8) is 0 Å². The number of para-hydroxylation sites is 1. The average molecular weight is 326 g/mol. The molecule has 0 bridgehead atoms. The van der Waals surface area contributed by atoms with Gasteiger partial charge in [0.05, 0.1) is 10.9 Å². The predicted octanol–water partition coefficient (Wildman–Crippen LogP) is 1.34. The lowest BCUT2D eigenvalue weighted by atomic mass is 9.97. The Morgan fingerprint density at radius 2 is 2.18 bits per heavy atom. The van der Waals surface area contributed by atoms with E-state index >= 15 is 0 Å². The van der Waals surface area contributed by atoms with Gasteiger partial charge >= 0.3 is 0 Å². The van der Waals surface area contributed by atoms with Gasteiger partial charge < -0.3 is 9.64 Å². The first-order valence-corrected chi connectivity index (χ1v) is 7.61. The molecule has 2 atom stereocenters. The van der Waals surface area contributed by atoms with Gasteiger partial charge in [0.15, 0.2) is 6.10 Å². The van der Waals surface area contributed by atoms with E-state index < -0.39 is 6.10 Å². The number of rotatable bonds is 4. The van der Waals surface area contributed by atoms with E-state index in [9.17, 15) is 9.59 Å². The molecule has 6 nitrogen and oxygen atoms in total. The topological polar surface area (TPSA) is 84.7 Å². The second-order valence-corrected chi connectivity index (χ2v) is 5.73. The largest absolute Gasteiger partial charge is 0.479 e. The highest BCUT2D eigenvalue weighted by Crippen LogP contribution is 2.25. The summed E-state index contributed by atoms with van der Waals surface area (Å²) in [5.74, 6) is 4.97. The summed E-state index contributed by atoms with van der Waals surface area (Å²) in [4.78, 5) is 25.7. The van der Waals surface area contributed by atoms with E-state index in [1.54, 1.807) is 36.1 Å². The molecular weight excluding hydrogens is 306 g/mol. The Labute approximate surface area is 134 Å². The fourth-order valence-electron chi connectivity index (χ4n) is 2.55. The Balaban J connectivity index is 1.98. The van der Waals surface area contributed by atoms with Crippen LogP contribution in [0.2, 0.25) is 5.02 Å². The molecule has 1 aromatic carbocycles. The van der Waals surface area contributed by atoms with Gasteiger partial charge in [-0.2, -0.15) is 0 Å². The lowest BCUT2D eigenvalue weighted by molar-refractivity contribution is -0.141. The number of hydrogen-bond acceptors (Lipinski definition) is 4. The van der Waals surface area contributed by atoms with Gasteiger partial charge in [0.25, 0.3) is 5.91 Å². The summed E-state index contributed by atoms with van der Waals surface area (Å²) < 4.78 is 5.63. The van der Waals surface area contributed by atoms with E-state index in [1.165, 1.54) is 0 Å². The molecular formula is C15H20ClN3O3. The van der Waals surface area contributed by atoms with E-state index in [0.717, 1.165) is 12.8 Å². The number of amides is 2. The van der Waals surface area contributed by atoms with Crippen LogP contribution in [0.4, 0.5) is 0 Å². The van der Waals surface area contributed by atoms with Crippen molar-refractivity contribution in [1.29, 1.82) is 0 Å². The number of nitrogens with zero attached hydrogens (tertiary/aromatic N) is 1. The highest BCUT2D eigenvalue weighted by molar-refractivity contribution is 6.32. The first-order valence-electron chi connectivity index (χ1n) is 7.23. The molecule has 7 heteroatoms. The Kier molecular flexibility index (Phi) is 5.63. The minimum absolute atomic E-state index is 0.158. The van der Waals surface area contributed by atoms with Crippen molar-refractivity contribution in [2.24, 2.45) is 11.8 Å². The number of nitrogens with two attached hydrogens (primary N) is 1. The first-order chi connectivity index (χ1) is 10.5. The lowest BCUT2D eigenvalue weighted by Gasteiger charge is -2.33. The molecule has 22 heavy (non-hydrogen) atoms. The van der Waals surface area contributed by atoms with Crippen molar-refractivity contribution in [3.05, 3.63) is 29.3 Å². The van der Waals surface area contributed by atoms with Gasteiger partial charge in [0.2, 0.25) is 5.91 Å². The molecule has 1 aliphatic heterocycles. The number of carbonyl (C=O) groups is 2. The number of halogens is 1. The van der Waals surface area contributed by atoms with E-state index in [4.69, 9.17) is 22.2 Å². The third-order valence-electron chi connectivity index (χ3n) is 3.73. The van der Waals surface area contributed by atoms with Gasteiger partial charge in [-0.15, -0.1) is 0 Å². The maximum atomic E-state index is 12.5. The normalized spacial score (nSPS) is 19.4. The molecule has 1 fully saturated rings. The van der Waals surface area contributed by atoms with Crippen molar-refractivity contribution in [3.8, 4) is 5.75 Å². The van der Waals surface area contributed by atoms with Crippen LogP contribution in [0.1, 0.15) is 19.8 Å². The number of piperidine rings is 1. The van der Waals surface area contributed by atoms with Crippen molar-refractivity contribution in [2.75, 3.05) is 13.1 Å². The second-order valence-electron chi connectivity index (χ2n) is 5.32. The van der Waals surface area contributed by atoms with E-state index in [1.807, 2.05) is 0 Å². The number of carbonyl (C=O) groups excluding carboxylic acids is 2. The standard InChI is InChI=1S/C15H20ClN3O3/c1-10(22-13-7-3-2-6-12(13)16)15(21)19-8-4-5-11(9-19)14(20)18-17/h2-3,6-7,10-11H,4-5,8-9,17H2,1H3,(H,18,20). The van der Waals surface area contributed by atoms with Crippen molar-refractivity contribution in [2.45, 2.75) is 25.9 Å². The Morgan fingerprint density at radius 1 is 1.45 bits per heavy atom. The monoisotopic (exact) mass is 325 g/mol. The number of hydrogen-bond donors (Lipinski definition) is 2. The molecule has 2 amide bonds. The number of hydrazine groups is 1. The van der Waals surface area contributed by atoms with Crippen LogP contribution < -0.4 is 16.0 Å². The number of nitrogens with one attached hydrogen (secondary N) is 1. The van der Waals surface area contributed by atoms with Crippen LogP contribution in [0, 0.1) is 5.92 Å². The summed E-state index contributed by atoms with van der Waals surface area (Å²) >= 11 is 6.03. The summed E-state index contributed by atoms with van der Waals surface area (Å²) in [6.45, 7) is 2.65. The van der Waals surface area contributed by atoms with Gasteiger partial charge in [-0.1, -0.05) is 23.7 Å². The molecule has 1 aromatic rings. The summed E-state index contributed by atoms with van der Waals surface area (Å²) in [6.07, 6.45) is 0.828. The zero-order chi connectivity index (χ0) is 16.1. The first kappa shape index (κ1) is 16.6. The molecule has 0 radical (unpaired) electrons. The summed E-state index contributed by atoms with van der Waals surface area (Å²) in [7, 11) is 0. The van der Waals surface area contributed by atoms with Crippen LogP contribution in [0.15, 0.2) is 24.3 Å². The Bertz CT molecular complexity index is 553. The third kappa shape index (κ3) is 3.90. The van der Waals surface area contributed by atoms with Gasteiger partial charge in [0, 0.05) is 13.1 Å². The molecule has 0 aliphatic carbocycles. The molecule has 0 spiro atoms. The van der Waals surface area contributed by atoms with E-state index in [2.05, 4.69) is 5.43 Å². The van der Waals surface area contributed by atoms with Crippen molar-refractivity contribution < 1.29 is 14.3 Å². The maximum absolute atomic E-state index is 12.5. The highest BCUT2D eigenvalue weighted by atomic mass is 35.5. The number of likely N-dealkylation sites (tertiary alicyclic amines) is 1. The zero-order valence-electron chi connectivity index (χ0n) is 12.4. The molecule has 2 unspecified atom stereocenters. The summed E-state index contributed by atoms with van der Waals surface area (Å²) in [5, 5.41) is 0.459. The summed E-state index contributed by atoms with van der Waals surface area (Å²) in [5.41, 5.74) is 2.15. The third-order valence-corrected chi connectivity index (χ3v) is 4.05. The Morgan fingerprint density at radius 3 is 2.86 bits per heavy atom. The smallest absolute Gasteiger partial charge is 0.263 e. The van der Waals surface area contributed by atoms with Gasteiger partial charge in [-0.25, -0.2) is 5.84 Å². The minimum Gasteiger partial charge on any atom is -0.479 e. The lowest BCUT2D eigenvalue weighted by Crippen LogP contribution is -2.50. The van der Waals surface area contributed by atoms with E-state index in [0.29, 0.717) is 23.9 Å². The number of benzene rings is 1. The quantitative estimate of drug-likeness (QED) is 0.497. The molecule has 120 valence electrons. The summed E-state index contributed by atoms with van der Waals surface area (Å²) in [6, 6.07) is 7.01. The molecule has 1 aliphatic rings. The fourth-order valence-corrected chi connectivity index (χ4v) is 2.73. The second kappa shape index (κ2) is 7.47. The van der Waals surface area contributed by atoms with Crippen LogP contribution in [0.3, 0.4) is 0 Å². The minimum atomic E-state index is -0.667. The molecule has 0 aromatic heterocycles. The molecule has 1 saturated heterocycles. The van der Waals surface area contributed by atoms with Crippen LogP contribution in [-0.4, -0.2) is 35.9 Å². The van der Waals surface area contributed by atoms with Crippen LogP contribution in [0.5, 0.6) is 5.75 Å². The van der Waals surface area contributed by atoms with E-state index in [-0.39, 0.29) is 17.7 Å². The zero-order valence-corrected chi connectivity index (χ0v) is 13.2. The van der Waals surface area contributed by atoms with Gasteiger partial charge in [-0.3, -0.25) is 15.0 Å². The average Bonchev–Trinajstić information content (AvgIpc) is 2.55. The van der Waals surface area contributed by atoms with Gasteiger partial charge in [0.1, 0.15) is 5.75 Å². The van der Waals surface area contributed by atoms with Crippen LogP contribution >= 0.6 is 11.6 Å². The Hall–Kier alpha value is -1.79. The molecule has 0 saturated carbocycles. The molecule has 2 rings (SSSR count). The maximum Gasteiger partial charge on any atom is 0.263 e.